The average molecular weight is 326 g/mol. The van der Waals surface area contributed by atoms with Crippen LogP contribution in [0.2, 0.25) is 0 Å². The van der Waals surface area contributed by atoms with Crippen LogP contribution < -0.4 is 5.32 Å². The molecular weight excluding hydrogens is 311 g/mol. The fourth-order valence-corrected chi connectivity index (χ4v) is 2.58. The summed E-state index contributed by atoms with van der Waals surface area (Å²) in [5, 5.41) is 2.52. The number of aryl methyl sites for hydroxylation is 1. The number of nitrogens with one attached hydrogen (secondary N) is 1. The first-order chi connectivity index (χ1) is 11.5. The Kier molecular flexibility index (Phi) is 4.12. The van der Waals surface area contributed by atoms with E-state index < -0.39 is 23.5 Å². The van der Waals surface area contributed by atoms with E-state index in [1.165, 1.54) is 6.07 Å². The summed E-state index contributed by atoms with van der Waals surface area (Å²) in [6, 6.07) is 11.0. The molecule has 0 unspecified atom stereocenters. The molecule has 0 bridgehead atoms. The smallest absolute Gasteiger partial charge is 0.262 e. The molecular formula is C18H15FN2O3. The number of rotatable bonds is 4. The normalized spacial score (nSPS) is 13.2. The highest BCUT2D eigenvalue weighted by atomic mass is 19.1. The van der Waals surface area contributed by atoms with Crippen LogP contribution >= 0.6 is 0 Å². The molecule has 3 amide bonds. The van der Waals surface area contributed by atoms with Gasteiger partial charge in [-0.2, -0.15) is 0 Å². The van der Waals surface area contributed by atoms with Crippen molar-refractivity contribution in [2.45, 2.75) is 13.5 Å². The third kappa shape index (κ3) is 2.90. The number of fused-ring (bicyclic) bond motifs is 1. The minimum atomic E-state index is -0.524. The van der Waals surface area contributed by atoms with Gasteiger partial charge in [0.15, 0.2) is 0 Å². The van der Waals surface area contributed by atoms with Crippen LogP contribution in [0, 0.1) is 12.7 Å². The first kappa shape index (κ1) is 15.9. The van der Waals surface area contributed by atoms with Crippen LogP contribution in [0.25, 0.3) is 0 Å². The molecule has 2 aromatic rings. The second-order valence-electron chi connectivity index (χ2n) is 5.61. The molecule has 0 spiro atoms. The Morgan fingerprint density at radius 3 is 2.54 bits per heavy atom. The van der Waals surface area contributed by atoms with E-state index in [0.29, 0.717) is 16.7 Å². The minimum absolute atomic E-state index is 0.00617. The molecule has 3 rings (SSSR count). The maximum atomic E-state index is 13.5. The van der Waals surface area contributed by atoms with Crippen molar-refractivity contribution in [2.75, 3.05) is 6.54 Å². The SMILES string of the molecule is Cc1ccc2c(c1)C(=O)N(CC(=O)NCc1ccccc1F)C2=O. The van der Waals surface area contributed by atoms with Crippen LogP contribution in [0.1, 0.15) is 31.8 Å². The lowest BCUT2D eigenvalue weighted by Gasteiger charge is -2.13. The average Bonchev–Trinajstić information content (AvgIpc) is 2.79. The number of carbonyl (C=O) groups is 3. The maximum absolute atomic E-state index is 13.5. The van der Waals surface area contributed by atoms with Crippen molar-refractivity contribution < 1.29 is 18.8 Å². The third-order valence-corrected chi connectivity index (χ3v) is 3.86. The summed E-state index contributed by atoms with van der Waals surface area (Å²) in [4.78, 5) is 37.5. The van der Waals surface area contributed by atoms with Gasteiger partial charge in [0.25, 0.3) is 11.8 Å². The molecule has 5 nitrogen and oxygen atoms in total. The van der Waals surface area contributed by atoms with Crippen molar-refractivity contribution in [3.05, 3.63) is 70.5 Å². The lowest BCUT2D eigenvalue weighted by atomic mass is 10.1. The molecule has 0 fully saturated rings. The summed E-state index contributed by atoms with van der Waals surface area (Å²) >= 11 is 0. The molecule has 1 aliphatic heterocycles. The van der Waals surface area contributed by atoms with E-state index in [4.69, 9.17) is 0 Å². The molecule has 122 valence electrons. The van der Waals surface area contributed by atoms with Crippen molar-refractivity contribution in [1.29, 1.82) is 0 Å². The highest BCUT2D eigenvalue weighted by molar-refractivity contribution is 6.22. The molecule has 1 aliphatic rings. The van der Waals surface area contributed by atoms with Gasteiger partial charge in [-0.25, -0.2) is 4.39 Å². The molecule has 0 aliphatic carbocycles. The Bertz CT molecular complexity index is 848. The van der Waals surface area contributed by atoms with E-state index >= 15 is 0 Å². The number of hydrogen-bond donors (Lipinski definition) is 1. The largest absolute Gasteiger partial charge is 0.350 e. The van der Waals surface area contributed by atoms with Crippen molar-refractivity contribution in [1.82, 2.24) is 10.2 Å². The number of halogens is 1. The Morgan fingerprint density at radius 1 is 1.08 bits per heavy atom. The van der Waals surface area contributed by atoms with Gasteiger partial charge in [0.05, 0.1) is 11.1 Å². The number of hydrogen-bond acceptors (Lipinski definition) is 3. The molecule has 6 heteroatoms. The second-order valence-corrected chi connectivity index (χ2v) is 5.61. The monoisotopic (exact) mass is 326 g/mol. The van der Waals surface area contributed by atoms with Gasteiger partial charge >= 0.3 is 0 Å². The van der Waals surface area contributed by atoms with Crippen LogP contribution in [0.15, 0.2) is 42.5 Å². The Morgan fingerprint density at radius 2 is 1.79 bits per heavy atom. The van der Waals surface area contributed by atoms with Gasteiger partial charge < -0.3 is 5.32 Å². The molecule has 0 aromatic heterocycles. The molecule has 0 atom stereocenters. The van der Waals surface area contributed by atoms with Gasteiger partial charge in [0.2, 0.25) is 5.91 Å². The first-order valence-electron chi connectivity index (χ1n) is 7.44. The third-order valence-electron chi connectivity index (χ3n) is 3.86. The standard InChI is InChI=1S/C18H15FN2O3/c1-11-6-7-13-14(8-11)18(24)21(17(13)23)10-16(22)20-9-12-4-2-3-5-15(12)19/h2-8H,9-10H2,1H3,(H,20,22). The summed E-state index contributed by atoms with van der Waals surface area (Å²) < 4.78 is 13.5. The van der Waals surface area contributed by atoms with Crippen LogP contribution in [-0.4, -0.2) is 29.2 Å². The lowest BCUT2D eigenvalue weighted by Crippen LogP contribution is -2.40. The predicted octanol–water partition coefficient (Wildman–Crippen LogP) is 2.05. The van der Waals surface area contributed by atoms with E-state index in [-0.39, 0.29) is 13.1 Å². The van der Waals surface area contributed by atoms with E-state index in [1.54, 1.807) is 36.4 Å². The lowest BCUT2D eigenvalue weighted by molar-refractivity contribution is -0.121. The summed E-state index contributed by atoms with van der Waals surface area (Å²) in [5.41, 5.74) is 1.80. The molecule has 1 N–H and O–H groups in total. The highest BCUT2D eigenvalue weighted by Gasteiger charge is 2.36. The van der Waals surface area contributed by atoms with E-state index in [1.807, 2.05) is 6.92 Å². The van der Waals surface area contributed by atoms with E-state index in [9.17, 15) is 18.8 Å². The predicted molar refractivity (Wildman–Crippen MR) is 84.8 cm³/mol. The second kappa shape index (κ2) is 6.23. The Hall–Kier alpha value is -3.02. The fraction of sp³-hybridized carbons (Fsp3) is 0.167. The van der Waals surface area contributed by atoms with Gasteiger partial charge in [-0.1, -0.05) is 29.8 Å². The molecule has 0 saturated heterocycles. The Balaban J connectivity index is 1.66. The van der Waals surface area contributed by atoms with Crippen LogP contribution in [0.3, 0.4) is 0 Å². The summed E-state index contributed by atoms with van der Waals surface area (Å²) in [6.45, 7) is 1.43. The minimum Gasteiger partial charge on any atom is -0.350 e. The van der Waals surface area contributed by atoms with Gasteiger partial charge in [-0.15, -0.1) is 0 Å². The quantitative estimate of drug-likeness (QED) is 0.875. The van der Waals surface area contributed by atoms with Crippen LogP contribution in [0.5, 0.6) is 0 Å². The first-order valence-corrected chi connectivity index (χ1v) is 7.44. The number of carbonyl (C=O) groups excluding carboxylic acids is 3. The number of imide groups is 1. The fourth-order valence-electron chi connectivity index (χ4n) is 2.58. The molecule has 2 aromatic carbocycles. The van der Waals surface area contributed by atoms with Crippen molar-refractivity contribution in [2.24, 2.45) is 0 Å². The van der Waals surface area contributed by atoms with Crippen molar-refractivity contribution >= 4 is 17.7 Å². The zero-order valence-corrected chi connectivity index (χ0v) is 13.0. The van der Waals surface area contributed by atoms with Crippen LogP contribution in [0.4, 0.5) is 4.39 Å². The van der Waals surface area contributed by atoms with Gasteiger partial charge in [0, 0.05) is 12.1 Å². The zero-order chi connectivity index (χ0) is 17.3. The topological polar surface area (TPSA) is 66.5 Å². The van der Waals surface area contributed by atoms with Gasteiger partial charge in [-0.05, 0) is 25.1 Å². The van der Waals surface area contributed by atoms with Gasteiger partial charge in [0.1, 0.15) is 12.4 Å². The zero-order valence-electron chi connectivity index (χ0n) is 13.0. The summed E-state index contributed by atoms with van der Waals surface area (Å²) in [5.74, 6) is -1.92. The van der Waals surface area contributed by atoms with Crippen molar-refractivity contribution in [3.63, 3.8) is 0 Å². The van der Waals surface area contributed by atoms with Crippen molar-refractivity contribution in [3.8, 4) is 0 Å². The maximum Gasteiger partial charge on any atom is 0.262 e. The molecule has 0 radical (unpaired) electrons. The van der Waals surface area contributed by atoms with E-state index in [0.717, 1.165) is 10.5 Å². The molecule has 24 heavy (non-hydrogen) atoms. The number of nitrogens with zero attached hydrogens (tertiary/aromatic N) is 1. The Labute approximate surface area is 138 Å². The highest BCUT2D eigenvalue weighted by Crippen LogP contribution is 2.23. The number of benzene rings is 2. The van der Waals surface area contributed by atoms with E-state index in [2.05, 4.69) is 5.32 Å². The summed E-state index contributed by atoms with van der Waals surface area (Å²) in [6.07, 6.45) is 0. The molecule has 0 saturated carbocycles. The van der Waals surface area contributed by atoms with Crippen LogP contribution in [-0.2, 0) is 11.3 Å². The molecule has 1 heterocycles. The summed E-state index contributed by atoms with van der Waals surface area (Å²) in [7, 11) is 0. The number of amides is 3. The van der Waals surface area contributed by atoms with Gasteiger partial charge in [-0.3, -0.25) is 19.3 Å².